The molecule has 0 atom stereocenters. The standard InChI is InChI=1S/C9H8ClFO2/c1-12-7-4-2-3-5-8(7)13-9(11)6-10/h2-6H,1H3/b9-6+. The van der Waals surface area contributed by atoms with Gasteiger partial charge in [0.05, 0.1) is 12.6 Å². The van der Waals surface area contributed by atoms with Crippen LogP contribution in [0.1, 0.15) is 0 Å². The summed E-state index contributed by atoms with van der Waals surface area (Å²) in [6, 6.07) is 5.84. The molecule has 13 heavy (non-hydrogen) atoms. The molecule has 0 amide bonds. The lowest BCUT2D eigenvalue weighted by molar-refractivity contribution is 0.286. The number of benzene rings is 1. The van der Waals surface area contributed by atoms with E-state index in [1.807, 2.05) is 0 Å². The quantitative estimate of drug-likeness (QED) is 0.702. The molecule has 0 aliphatic rings. The highest BCUT2D eigenvalue weighted by Crippen LogP contribution is 2.27. The van der Waals surface area contributed by atoms with Crippen LogP contribution >= 0.6 is 11.6 Å². The van der Waals surface area contributed by atoms with Crippen molar-refractivity contribution < 1.29 is 13.9 Å². The van der Waals surface area contributed by atoms with Crippen LogP contribution in [0.15, 0.2) is 35.8 Å². The Morgan fingerprint density at radius 2 is 2.00 bits per heavy atom. The molecule has 4 heteroatoms. The van der Waals surface area contributed by atoms with E-state index in [1.165, 1.54) is 7.11 Å². The summed E-state index contributed by atoms with van der Waals surface area (Å²) in [4.78, 5) is 0. The van der Waals surface area contributed by atoms with Gasteiger partial charge in [0, 0.05) is 0 Å². The molecule has 1 aromatic rings. The van der Waals surface area contributed by atoms with E-state index < -0.39 is 6.01 Å². The second-order valence-corrected chi connectivity index (χ2v) is 2.38. The Labute approximate surface area is 80.5 Å². The van der Waals surface area contributed by atoms with Crippen LogP contribution in [-0.4, -0.2) is 7.11 Å². The molecule has 0 saturated heterocycles. The minimum Gasteiger partial charge on any atom is -0.493 e. The summed E-state index contributed by atoms with van der Waals surface area (Å²) >= 11 is 5.09. The Morgan fingerprint density at radius 3 is 2.54 bits per heavy atom. The van der Waals surface area contributed by atoms with Gasteiger partial charge in [-0.2, -0.15) is 4.39 Å². The van der Waals surface area contributed by atoms with E-state index in [1.54, 1.807) is 24.3 Å². The molecule has 0 aliphatic carbocycles. The molecule has 0 N–H and O–H groups in total. The van der Waals surface area contributed by atoms with Gasteiger partial charge in [-0.3, -0.25) is 0 Å². The Balaban J connectivity index is 2.87. The van der Waals surface area contributed by atoms with Gasteiger partial charge in [0.15, 0.2) is 11.5 Å². The van der Waals surface area contributed by atoms with Crippen molar-refractivity contribution in [3.05, 3.63) is 35.8 Å². The van der Waals surface area contributed by atoms with Gasteiger partial charge >= 0.3 is 0 Å². The van der Waals surface area contributed by atoms with Crippen molar-refractivity contribution in [1.82, 2.24) is 0 Å². The molecule has 2 nitrogen and oxygen atoms in total. The number of hydrogen-bond donors (Lipinski definition) is 0. The highest BCUT2D eigenvalue weighted by molar-refractivity contribution is 6.25. The first-order valence-electron chi connectivity index (χ1n) is 3.54. The Bertz CT molecular complexity index is 312. The van der Waals surface area contributed by atoms with Gasteiger partial charge in [-0.15, -0.1) is 0 Å². The first-order chi connectivity index (χ1) is 6.27. The number of methoxy groups -OCH3 is 1. The summed E-state index contributed by atoms with van der Waals surface area (Å²) in [5.41, 5.74) is 0.715. The first kappa shape index (κ1) is 9.86. The smallest absolute Gasteiger partial charge is 0.289 e. The summed E-state index contributed by atoms with van der Waals surface area (Å²) in [7, 11) is 1.48. The lowest BCUT2D eigenvalue weighted by Gasteiger charge is -2.06. The predicted octanol–water partition coefficient (Wildman–Crippen LogP) is 3.08. The van der Waals surface area contributed by atoms with Crippen molar-refractivity contribution in [2.75, 3.05) is 7.11 Å². The SMILES string of the molecule is COc1ccccc1O/C(F)=C/Cl. The Hall–Kier alpha value is -1.22. The van der Waals surface area contributed by atoms with E-state index in [0.717, 1.165) is 0 Å². The first-order valence-corrected chi connectivity index (χ1v) is 3.98. The zero-order valence-corrected chi connectivity index (χ0v) is 7.72. The summed E-state index contributed by atoms with van der Waals surface area (Å²) in [5, 5.41) is 0. The molecule has 1 aromatic carbocycles. The van der Waals surface area contributed by atoms with Gasteiger partial charge in [-0.05, 0) is 12.1 Å². The van der Waals surface area contributed by atoms with Gasteiger partial charge in [0.2, 0.25) is 0 Å². The molecule has 0 saturated carbocycles. The second kappa shape index (κ2) is 4.72. The fourth-order valence-electron chi connectivity index (χ4n) is 0.830. The highest BCUT2D eigenvalue weighted by atomic mass is 35.5. The van der Waals surface area contributed by atoms with E-state index in [9.17, 15) is 4.39 Å². The molecule has 0 aromatic heterocycles. The van der Waals surface area contributed by atoms with Crippen LogP contribution in [-0.2, 0) is 0 Å². The summed E-state index contributed by atoms with van der Waals surface area (Å²) < 4.78 is 22.2. The number of hydrogen-bond acceptors (Lipinski definition) is 2. The van der Waals surface area contributed by atoms with Crippen molar-refractivity contribution in [3.63, 3.8) is 0 Å². The average molecular weight is 203 g/mol. The molecule has 0 radical (unpaired) electrons. The topological polar surface area (TPSA) is 18.5 Å². The van der Waals surface area contributed by atoms with Crippen LogP contribution < -0.4 is 9.47 Å². The largest absolute Gasteiger partial charge is 0.493 e. The number of para-hydroxylation sites is 2. The van der Waals surface area contributed by atoms with Gasteiger partial charge in [0.1, 0.15) is 0 Å². The zero-order valence-electron chi connectivity index (χ0n) is 6.96. The van der Waals surface area contributed by atoms with Crippen molar-refractivity contribution in [3.8, 4) is 11.5 Å². The van der Waals surface area contributed by atoms with Crippen LogP contribution in [0.2, 0.25) is 0 Å². The molecule has 0 unspecified atom stereocenters. The van der Waals surface area contributed by atoms with Crippen molar-refractivity contribution >= 4 is 11.6 Å². The third-order valence-corrected chi connectivity index (χ3v) is 1.53. The predicted molar refractivity (Wildman–Crippen MR) is 48.7 cm³/mol. The second-order valence-electron chi connectivity index (χ2n) is 2.17. The average Bonchev–Trinajstić information content (AvgIpc) is 2.18. The maximum Gasteiger partial charge on any atom is 0.289 e. The third kappa shape index (κ3) is 2.63. The number of halogens is 2. The molecule has 0 heterocycles. The van der Waals surface area contributed by atoms with Gasteiger partial charge in [0.25, 0.3) is 6.01 Å². The van der Waals surface area contributed by atoms with E-state index in [2.05, 4.69) is 0 Å². The van der Waals surface area contributed by atoms with Crippen molar-refractivity contribution in [2.24, 2.45) is 0 Å². The zero-order chi connectivity index (χ0) is 9.68. The van der Waals surface area contributed by atoms with Crippen LogP contribution in [0.3, 0.4) is 0 Å². The molecular weight excluding hydrogens is 195 g/mol. The molecule has 70 valence electrons. The molecule has 0 aliphatic heterocycles. The minimum atomic E-state index is -0.869. The Kier molecular flexibility index (Phi) is 3.58. The fraction of sp³-hybridized carbons (Fsp3) is 0.111. The van der Waals surface area contributed by atoms with Crippen LogP contribution in [0, 0.1) is 0 Å². The number of ether oxygens (including phenoxy) is 2. The van der Waals surface area contributed by atoms with Gasteiger partial charge in [-0.1, -0.05) is 23.7 Å². The summed E-state index contributed by atoms with van der Waals surface area (Å²) in [6.07, 6.45) is 0. The van der Waals surface area contributed by atoms with Crippen molar-refractivity contribution in [1.29, 1.82) is 0 Å². The molecule has 1 rings (SSSR count). The Morgan fingerprint density at radius 1 is 1.38 bits per heavy atom. The van der Waals surface area contributed by atoms with E-state index >= 15 is 0 Å². The van der Waals surface area contributed by atoms with E-state index in [-0.39, 0.29) is 0 Å². The molecule has 0 bridgehead atoms. The maximum absolute atomic E-state index is 12.6. The lowest BCUT2D eigenvalue weighted by Crippen LogP contribution is -1.92. The highest BCUT2D eigenvalue weighted by Gasteiger charge is 2.04. The lowest BCUT2D eigenvalue weighted by atomic mass is 10.3. The number of rotatable bonds is 3. The van der Waals surface area contributed by atoms with E-state index in [0.29, 0.717) is 17.0 Å². The molecule has 0 fully saturated rings. The van der Waals surface area contributed by atoms with Crippen LogP contribution in [0.25, 0.3) is 0 Å². The van der Waals surface area contributed by atoms with Crippen LogP contribution in [0.4, 0.5) is 4.39 Å². The van der Waals surface area contributed by atoms with E-state index in [4.69, 9.17) is 21.1 Å². The van der Waals surface area contributed by atoms with Gasteiger partial charge in [-0.25, -0.2) is 0 Å². The van der Waals surface area contributed by atoms with Crippen molar-refractivity contribution in [2.45, 2.75) is 0 Å². The summed E-state index contributed by atoms with van der Waals surface area (Å²) in [5.74, 6) is 0.746. The minimum absolute atomic E-state index is 0.291. The summed E-state index contributed by atoms with van der Waals surface area (Å²) in [6.45, 7) is 0. The third-order valence-electron chi connectivity index (χ3n) is 1.36. The fourth-order valence-corrected chi connectivity index (χ4v) is 0.875. The van der Waals surface area contributed by atoms with Gasteiger partial charge < -0.3 is 9.47 Å². The molecule has 0 spiro atoms. The monoisotopic (exact) mass is 202 g/mol. The molecular formula is C9H8ClFO2. The van der Waals surface area contributed by atoms with Crippen LogP contribution in [0.5, 0.6) is 11.5 Å². The maximum atomic E-state index is 12.6. The normalized spacial score (nSPS) is 11.2.